The summed E-state index contributed by atoms with van der Waals surface area (Å²) in [6, 6.07) is 10.6. The number of benzene rings is 2. The molecule has 2 aromatic carbocycles. The molecule has 0 unspecified atom stereocenters. The van der Waals surface area contributed by atoms with Crippen molar-refractivity contribution >= 4 is 44.6 Å². The van der Waals surface area contributed by atoms with Gasteiger partial charge >= 0.3 is 0 Å². The van der Waals surface area contributed by atoms with E-state index in [-0.39, 0.29) is 22.2 Å². The molecule has 0 fully saturated rings. The van der Waals surface area contributed by atoms with Gasteiger partial charge in [-0.25, -0.2) is 8.42 Å². The minimum absolute atomic E-state index is 0.0656. The maximum Gasteiger partial charge on any atom is 0.262 e. The molecule has 0 spiro atoms. The number of sulfone groups is 1. The second-order valence-electron chi connectivity index (χ2n) is 4.70. The van der Waals surface area contributed by atoms with Crippen LogP contribution in [0.15, 0.2) is 47.4 Å². The predicted octanol–water partition coefficient (Wildman–Crippen LogP) is 3.41. The average Bonchev–Trinajstić information content (AvgIpc) is 2.48. The molecule has 0 aliphatic heterocycles. The quantitative estimate of drug-likeness (QED) is 0.871. The van der Waals surface area contributed by atoms with Gasteiger partial charge in [0.2, 0.25) is 0 Å². The van der Waals surface area contributed by atoms with E-state index in [4.69, 9.17) is 27.9 Å². The zero-order valence-electron chi connectivity index (χ0n) is 12.0. The van der Waals surface area contributed by atoms with Gasteiger partial charge in [0.25, 0.3) is 5.91 Å². The normalized spacial score (nSPS) is 11.1. The molecule has 0 bridgehead atoms. The zero-order chi connectivity index (χ0) is 17.0. The van der Waals surface area contributed by atoms with E-state index in [1.807, 2.05) is 0 Å². The summed E-state index contributed by atoms with van der Waals surface area (Å²) in [6.07, 6.45) is 1.07. The van der Waals surface area contributed by atoms with Crippen LogP contribution in [0.3, 0.4) is 0 Å². The number of hydrogen-bond donors (Lipinski definition) is 1. The summed E-state index contributed by atoms with van der Waals surface area (Å²) < 4.78 is 28.4. The molecule has 0 saturated heterocycles. The van der Waals surface area contributed by atoms with Gasteiger partial charge in [-0.15, -0.1) is 0 Å². The van der Waals surface area contributed by atoms with Crippen molar-refractivity contribution in [3.05, 3.63) is 52.5 Å². The lowest BCUT2D eigenvalue weighted by molar-refractivity contribution is -0.118. The van der Waals surface area contributed by atoms with Crippen molar-refractivity contribution in [3.63, 3.8) is 0 Å². The Labute approximate surface area is 144 Å². The third-order valence-corrected chi connectivity index (χ3v) is 4.52. The number of halogens is 2. The monoisotopic (exact) mass is 373 g/mol. The van der Waals surface area contributed by atoms with E-state index in [0.717, 1.165) is 6.26 Å². The van der Waals surface area contributed by atoms with Gasteiger partial charge in [-0.1, -0.05) is 23.2 Å². The lowest BCUT2D eigenvalue weighted by Gasteiger charge is -2.10. The van der Waals surface area contributed by atoms with Gasteiger partial charge in [-0.05, 0) is 42.5 Å². The zero-order valence-corrected chi connectivity index (χ0v) is 14.4. The summed E-state index contributed by atoms with van der Waals surface area (Å²) >= 11 is 11.7. The van der Waals surface area contributed by atoms with Gasteiger partial charge in [-0.3, -0.25) is 4.79 Å². The van der Waals surface area contributed by atoms with Crippen LogP contribution in [-0.4, -0.2) is 27.2 Å². The molecule has 0 heterocycles. The molecule has 8 heteroatoms. The van der Waals surface area contributed by atoms with Crippen LogP contribution in [-0.2, 0) is 14.6 Å². The minimum atomic E-state index is -3.39. The van der Waals surface area contributed by atoms with Crippen molar-refractivity contribution < 1.29 is 17.9 Å². The highest BCUT2D eigenvalue weighted by Crippen LogP contribution is 2.25. The molecule has 23 heavy (non-hydrogen) atoms. The summed E-state index contributed by atoms with van der Waals surface area (Å²) in [5, 5.41) is 3.31. The fourth-order valence-corrected chi connectivity index (χ4v) is 2.63. The van der Waals surface area contributed by atoms with Gasteiger partial charge in [-0.2, -0.15) is 0 Å². The molecule has 1 amide bonds. The molecule has 0 radical (unpaired) electrons. The number of carbonyl (C=O) groups excluding carboxylic acids is 1. The first-order valence-electron chi connectivity index (χ1n) is 6.43. The lowest BCUT2D eigenvalue weighted by atomic mass is 10.3. The number of anilines is 1. The van der Waals surface area contributed by atoms with Crippen LogP contribution in [0.1, 0.15) is 0 Å². The number of hydrogen-bond acceptors (Lipinski definition) is 4. The molecule has 0 aromatic heterocycles. The SMILES string of the molecule is CS(=O)(=O)c1ccc(Cl)c(NC(=O)COc2ccc(Cl)cc2)c1. The topological polar surface area (TPSA) is 72.5 Å². The van der Waals surface area contributed by atoms with E-state index in [1.165, 1.54) is 18.2 Å². The van der Waals surface area contributed by atoms with E-state index >= 15 is 0 Å². The van der Waals surface area contributed by atoms with Crippen LogP contribution in [0.25, 0.3) is 0 Å². The maximum absolute atomic E-state index is 11.9. The van der Waals surface area contributed by atoms with E-state index in [9.17, 15) is 13.2 Å². The molecule has 0 aliphatic carbocycles. The maximum atomic E-state index is 11.9. The van der Waals surface area contributed by atoms with Crippen LogP contribution < -0.4 is 10.1 Å². The van der Waals surface area contributed by atoms with Crippen molar-refractivity contribution in [3.8, 4) is 5.75 Å². The molecule has 2 rings (SSSR count). The van der Waals surface area contributed by atoms with E-state index in [0.29, 0.717) is 10.8 Å². The molecule has 5 nitrogen and oxygen atoms in total. The second kappa shape index (κ2) is 7.21. The summed E-state index contributed by atoms with van der Waals surface area (Å²) in [5.41, 5.74) is 0.208. The van der Waals surface area contributed by atoms with Gasteiger partial charge in [0.05, 0.1) is 15.6 Å². The summed E-state index contributed by atoms with van der Waals surface area (Å²) in [5.74, 6) is 0.0213. The molecule has 0 atom stereocenters. The second-order valence-corrected chi connectivity index (χ2v) is 7.56. The first-order chi connectivity index (χ1) is 10.8. The fraction of sp³-hybridized carbons (Fsp3) is 0.133. The van der Waals surface area contributed by atoms with Gasteiger partial charge < -0.3 is 10.1 Å². The van der Waals surface area contributed by atoms with Crippen LogP contribution in [0, 0.1) is 0 Å². The Morgan fingerprint density at radius 3 is 2.39 bits per heavy atom. The van der Waals surface area contributed by atoms with Crippen molar-refractivity contribution in [1.29, 1.82) is 0 Å². The number of nitrogens with one attached hydrogen (secondary N) is 1. The van der Waals surface area contributed by atoms with E-state index in [2.05, 4.69) is 5.32 Å². The first kappa shape index (κ1) is 17.6. The number of carbonyl (C=O) groups is 1. The molecule has 1 N–H and O–H groups in total. The van der Waals surface area contributed by atoms with E-state index in [1.54, 1.807) is 24.3 Å². The standard InChI is InChI=1S/C15H13Cl2NO4S/c1-23(20,21)12-6-7-13(17)14(8-12)18-15(19)9-22-11-4-2-10(16)3-5-11/h2-8H,9H2,1H3,(H,18,19). The van der Waals surface area contributed by atoms with E-state index < -0.39 is 15.7 Å². The van der Waals surface area contributed by atoms with Crippen molar-refractivity contribution in [2.45, 2.75) is 4.90 Å². The summed E-state index contributed by atoms with van der Waals surface area (Å²) in [6.45, 7) is -0.249. The third kappa shape index (κ3) is 5.13. The van der Waals surface area contributed by atoms with Gasteiger partial charge in [0.15, 0.2) is 16.4 Å². The Bertz CT molecular complexity index is 820. The smallest absolute Gasteiger partial charge is 0.262 e. The molecular weight excluding hydrogens is 361 g/mol. The third-order valence-electron chi connectivity index (χ3n) is 2.82. The Morgan fingerprint density at radius 1 is 1.13 bits per heavy atom. The average molecular weight is 374 g/mol. The van der Waals surface area contributed by atoms with Crippen LogP contribution in [0.2, 0.25) is 10.0 Å². The highest BCUT2D eigenvalue weighted by atomic mass is 35.5. The molecule has 0 aliphatic rings. The van der Waals surface area contributed by atoms with Crippen molar-refractivity contribution in [1.82, 2.24) is 0 Å². The van der Waals surface area contributed by atoms with Crippen molar-refractivity contribution in [2.75, 3.05) is 18.2 Å². The Kier molecular flexibility index (Phi) is 5.51. The fourth-order valence-electron chi connectivity index (χ4n) is 1.70. The highest BCUT2D eigenvalue weighted by molar-refractivity contribution is 7.90. The first-order valence-corrected chi connectivity index (χ1v) is 9.08. The minimum Gasteiger partial charge on any atom is -0.484 e. The molecule has 122 valence electrons. The number of amides is 1. The molecule has 2 aromatic rings. The molecule has 0 saturated carbocycles. The van der Waals surface area contributed by atoms with Crippen LogP contribution >= 0.6 is 23.2 Å². The highest BCUT2D eigenvalue weighted by Gasteiger charge is 2.12. The summed E-state index contributed by atoms with van der Waals surface area (Å²) in [4.78, 5) is 12.0. The number of ether oxygens (including phenoxy) is 1. The van der Waals surface area contributed by atoms with Crippen LogP contribution in [0.5, 0.6) is 5.75 Å². The van der Waals surface area contributed by atoms with Crippen LogP contribution in [0.4, 0.5) is 5.69 Å². The molecular formula is C15H13Cl2NO4S. The van der Waals surface area contributed by atoms with Gasteiger partial charge in [0, 0.05) is 11.3 Å². The Morgan fingerprint density at radius 2 is 1.78 bits per heavy atom. The lowest BCUT2D eigenvalue weighted by Crippen LogP contribution is -2.20. The predicted molar refractivity (Wildman–Crippen MR) is 90.1 cm³/mol. The number of rotatable bonds is 5. The largest absolute Gasteiger partial charge is 0.484 e. The Hall–Kier alpha value is -1.76. The summed E-state index contributed by atoms with van der Waals surface area (Å²) in [7, 11) is -3.39. The van der Waals surface area contributed by atoms with Gasteiger partial charge in [0.1, 0.15) is 5.75 Å². The Balaban J connectivity index is 2.04. The van der Waals surface area contributed by atoms with Crippen molar-refractivity contribution in [2.24, 2.45) is 0 Å².